The first-order valence-corrected chi connectivity index (χ1v) is 6.75. The largest absolute Gasteiger partial charge is 0.314 e. The number of nitrogens with one attached hydrogen (secondary N) is 1. The highest BCUT2D eigenvalue weighted by molar-refractivity contribution is 5.11. The highest BCUT2D eigenvalue weighted by Gasteiger charge is 2.35. The summed E-state index contributed by atoms with van der Waals surface area (Å²) in [6, 6.07) is 2.95. The molecular formula is C14H25N3. The maximum Gasteiger partial charge on any atom is 0.0596 e. The van der Waals surface area contributed by atoms with Gasteiger partial charge in [-0.1, -0.05) is 13.8 Å². The minimum Gasteiger partial charge on any atom is -0.314 e. The summed E-state index contributed by atoms with van der Waals surface area (Å²) in [7, 11) is 2.06. The van der Waals surface area contributed by atoms with E-state index in [-0.39, 0.29) is 0 Å². The summed E-state index contributed by atoms with van der Waals surface area (Å²) in [6.07, 6.45) is 5.10. The Labute approximate surface area is 105 Å². The van der Waals surface area contributed by atoms with Crippen molar-refractivity contribution in [2.24, 2.45) is 12.5 Å². The van der Waals surface area contributed by atoms with Gasteiger partial charge in [0.15, 0.2) is 0 Å². The van der Waals surface area contributed by atoms with Gasteiger partial charge in [0.1, 0.15) is 0 Å². The van der Waals surface area contributed by atoms with Gasteiger partial charge >= 0.3 is 0 Å². The van der Waals surface area contributed by atoms with Crippen LogP contribution in [0.2, 0.25) is 0 Å². The van der Waals surface area contributed by atoms with Gasteiger partial charge in [-0.15, -0.1) is 0 Å². The molecule has 3 heteroatoms. The first-order valence-electron chi connectivity index (χ1n) is 6.75. The Kier molecular flexibility index (Phi) is 3.57. The number of rotatable bonds is 4. The van der Waals surface area contributed by atoms with Crippen LogP contribution in [0.5, 0.6) is 0 Å². The third kappa shape index (κ3) is 2.89. The summed E-state index contributed by atoms with van der Waals surface area (Å²) in [6.45, 7) is 7.78. The summed E-state index contributed by atoms with van der Waals surface area (Å²) < 4.78 is 2.04. The van der Waals surface area contributed by atoms with Crippen LogP contribution in [0.4, 0.5) is 0 Å². The number of aryl methyl sites for hydroxylation is 2. The van der Waals surface area contributed by atoms with Crippen LogP contribution in [0.15, 0.2) is 6.07 Å². The number of nitrogens with zero attached hydrogens (tertiary/aromatic N) is 2. The molecule has 1 fully saturated rings. The smallest absolute Gasteiger partial charge is 0.0596 e. The molecule has 1 heterocycles. The van der Waals surface area contributed by atoms with Gasteiger partial charge in [0.05, 0.1) is 5.69 Å². The Balaban J connectivity index is 2.01. The Bertz CT molecular complexity index is 383. The quantitative estimate of drug-likeness (QED) is 0.868. The highest BCUT2D eigenvalue weighted by atomic mass is 15.3. The third-order valence-electron chi connectivity index (χ3n) is 4.04. The molecule has 2 unspecified atom stereocenters. The van der Waals surface area contributed by atoms with Crippen molar-refractivity contribution in [1.29, 1.82) is 0 Å². The topological polar surface area (TPSA) is 29.9 Å². The summed E-state index contributed by atoms with van der Waals surface area (Å²) in [5.41, 5.74) is 2.96. The molecule has 1 aromatic heterocycles. The van der Waals surface area contributed by atoms with E-state index < -0.39 is 0 Å². The summed E-state index contributed by atoms with van der Waals surface area (Å²) >= 11 is 0. The van der Waals surface area contributed by atoms with E-state index in [1.807, 2.05) is 4.68 Å². The molecule has 0 spiro atoms. The lowest BCUT2D eigenvalue weighted by Crippen LogP contribution is -2.28. The Hall–Kier alpha value is -0.830. The maximum atomic E-state index is 4.44. The molecule has 17 heavy (non-hydrogen) atoms. The fourth-order valence-electron chi connectivity index (χ4n) is 3.21. The van der Waals surface area contributed by atoms with Gasteiger partial charge in [-0.05, 0) is 50.6 Å². The number of hydrogen-bond acceptors (Lipinski definition) is 2. The zero-order valence-corrected chi connectivity index (χ0v) is 11.6. The van der Waals surface area contributed by atoms with Crippen molar-refractivity contribution < 1.29 is 0 Å². The fourth-order valence-corrected chi connectivity index (χ4v) is 3.21. The average molecular weight is 235 g/mol. The second kappa shape index (κ2) is 4.81. The third-order valence-corrected chi connectivity index (χ3v) is 4.04. The normalized spacial score (nSPS) is 28.8. The molecule has 96 valence electrons. The molecule has 2 rings (SSSR count). The minimum absolute atomic E-state index is 0.451. The monoisotopic (exact) mass is 235 g/mol. The molecule has 1 aliphatic carbocycles. The molecule has 1 N–H and O–H groups in total. The van der Waals surface area contributed by atoms with Crippen molar-refractivity contribution in [2.75, 3.05) is 6.54 Å². The molecule has 3 nitrogen and oxygen atoms in total. The van der Waals surface area contributed by atoms with Gasteiger partial charge < -0.3 is 5.32 Å². The molecule has 0 aliphatic heterocycles. The Morgan fingerprint density at radius 3 is 2.94 bits per heavy atom. The van der Waals surface area contributed by atoms with E-state index >= 15 is 0 Å². The molecule has 0 aromatic carbocycles. The first-order chi connectivity index (χ1) is 8.02. The van der Waals surface area contributed by atoms with Gasteiger partial charge in [0, 0.05) is 18.8 Å². The van der Waals surface area contributed by atoms with Crippen LogP contribution in [0.1, 0.15) is 44.5 Å². The Morgan fingerprint density at radius 1 is 1.59 bits per heavy atom. The molecule has 0 bridgehead atoms. The standard InChI is InChI=1S/C14H25N3/c1-5-15-12-6-7-14(3,9-12)10-13-8-11(2)16-17(13)4/h8,12,15H,5-7,9-10H2,1-4H3. The van der Waals surface area contributed by atoms with Crippen molar-refractivity contribution in [2.45, 2.75) is 52.5 Å². The van der Waals surface area contributed by atoms with E-state index in [0.29, 0.717) is 5.41 Å². The van der Waals surface area contributed by atoms with Crippen molar-refractivity contribution in [3.05, 3.63) is 17.5 Å². The van der Waals surface area contributed by atoms with Crippen molar-refractivity contribution in [1.82, 2.24) is 15.1 Å². The van der Waals surface area contributed by atoms with Crippen molar-refractivity contribution in [3.63, 3.8) is 0 Å². The molecule has 1 aliphatic rings. The summed E-state index contributed by atoms with van der Waals surface area (Å²) in [5.74, 6) is 0. The Morgan fingerprint density at radius 2 is 2.35 bits per heavy atom. The van der Waals surface area contributed by atoms with E-state index in [4.69, 9.17) is 0 Å². The van der Waals surface area contributed by atoms with E-state index in [0.717, 1.165) is 24.7 Å². The average Bonchev–Trinajstić information content (AvgIpc) is 2.73. The van der Waals surface area contributed by atoms with Crippen LogP contribution < -0.4 is 5.32 Å². The lowest BCUT2D eigenvalue weighted by Gasteiger charge is -2.24. The SMILES string of the molecule is CCNC1CCC(C)(Cc2cc(C)nn2C)C1. The van der Waals surface area contributed by atoms with Gasteiger partial charge in [0.2, 0.25) is 0 Å². The second-order valence-corrected chi connectivity index (χ2v) is 5.89. The van der Waals surface area contributed by atoms with E-state index in [1.165, 1.54) is 25.0 Å². The molecule has 2 atom stereocenters. The molecule has 1 saturated carbocycles. The van der Waals surface area contributed by atoms with Crippen LogP contribution in [0.25, 0.3) is 0 Å². The molecule has 1 aromatic rings. The van der Waals surface area contributed by atoms with Crippen LogP contribution in [0, 0.1) is 12.3 Å². The maximum absolute atomic E-state index is 4.44. The van der Waals surface area contributed by atoms with E-state index in [1.54, 1.807) is 0 Å². The lowest BCUT2D eigenvalue weighted by molar-refractivity contribution is 0.315. The van der Waals surface area contributed by atoms with Gasteiger partial charge in [-0.25, -0.2) is 0 Å². The summed E-state index contributed by atoms with van der Waals surface area (Å²) in [5, 5.41) is 8.02. The van der Waals surface area contributed by atoms with Gasteiger partial charge in [0.25, 0.3) is 0 Å². The number of aromatic nitrogens is 2. The van der Waals surface area contributed by atoms with E-state index in [2.05, 4.69) is 44.3 Å². The van der Waals surface area contributed by atoms with Crippen LogP contribution in [0.3, 0.4) is 0 Å². The molecular weight excluding hydrogens is 210 g/mol. The predicted molar refractivity (Wildman–Crippen MR) is 71.1 cm³/mol. The van der Waals surface area contributed by atoms with E-state index in [9.17, 15) is 0 Å². The van der Waals surface area contributed by atoms with Gasteiger partial charge in [-0.2, -0.15) is 5.10 Å². The molecule has 0 saturated heterocycles. The lowest BCUT2D eigenvalue weighted by atomic mass is 9.83. The number of hydrogen-bond donors (Lipinski definition) is 1. The molecule has 0 amide bonds. The molecule has 0 radical (unpaired) electrons. The minimum atomic E-state index is 0.451. The van der Waals surface area contributed by atoms with Crippen molar-refractivity contribution in [3.8, 4) is 0 Å². The fraction of sp³-hybridized carbons (Fsp3) is 0.786. The van der Waals surface area contributed by atoms with Crippen molar-refractivity contribution >= 4 is 0 Å². The zero-order chi connectivity index (χ0) is 12.5. The van der Waals surface area contributed by atoms with Crippen LogP contribution >= 0.6 is 0 Å². The first kappa shape index (κ1) is 12.6. The van der Waals surface area contributed by atoms with Crippen LogP contribution in [-0.4, -0.2) is 22.4 Å². The predicted octanol–water partition coefficient (Wildman–Crippen LogP) is 2.44. The van der Waals surface area contributed by atoms with Crippen LogP contribution in [-0.2, 0) is 13.5 Å². The summed E-state index contributed by atoms with van der Waals surface area (Å²) in [4.78, 5) is 0. The highest BCUT2D eigenvalue weighted by Crippen LogP contribution is 2.40. The zero-order valence-electron chi connectivity index (χ0n) is 11.6. The van der Waals surface area contributed by atoms with Gasteiger partial charge in [-0.3, -0.25) is 4.68 Å². The second-order valence-electron chi connectivity index (χ2n) is 5.89.